The number of aliphatic hydroxyl groups excluding tert-OH is 1. The zero-order chi connectivity index (χ0) is 25.8. The van der Waals surface area contributed by atoms with Crippen molar-refractivity contribution in [3.05, 3.63) is 100.0 Å². The lowest BCUT2D eigenvalue weighted by molar-refractivity contribution is -0.117. The first kappa shape index (κ1) is 23.3. The number of hydrogen-bond donors (Lipinski definition) is 1. The zero-order valence-electron chi connectivity index (χ0n) is 19.7. The van der Waals surface area contributed by atoms with Gasteiger partial charge in [-0.15, -0.1) is 0 Å². The highest BCUT2D eigenvalue weighted by Gasteiger charge is 2.46. The first-order chi connectivity index (χ1) is 17.9. The van der Waals surface area contributed by atoms with Crippen molar-refractivity contribution in [3.63, 3.8) is 0 Å². The van der Waals surface area contributed by atoms with Crippen LogP contribution < -0.4 is 9.64 Å². The summed E-state index contributed by atoms with van der Waals surface area (Å²) in [4.78, 5) is 33.3. The maximum Gasteiger partial charge on any atom is 0.296 e. The molecule has 6 rings (SSSR count). The normalized spacial score (nSPS) is 15.8. The SMILES string of the molecule is COc1cccc2cc(C(=O)C3=C(O)C(=O)N(c4nc5ccc(C)cc5s4)C3c3cccc(Cl)c3)oc12. The number of aliphatic hydroxyl groups is 1. The number of anilines is 1. The number of carbonyl (C=O) groups is 2. The molecular weight excluding hydrogens is 512 g/mol. The highest BCUT2D eigenvalue weighted by molar-refractivity contribution is 7.22. The van der Waals surface area contributed by atoms with E-state index in [1.807, 2.05) is 25.1 Å². The second-order valence-corrected chi connectivity index (χ2v) is 10.1. The summed E-state index contributed by atoms with van der Waals surface area (Å²) in [6.45, 7) is 1.97. The van der Waals surface area contributed by atoms with E-state index in [0.717, 1.165) is 10.3 Å². The van der Waals surface area contributed by atoms with Gasteiger partial charge in [0.2, 0.25) is 5.78 Å². The number of thiazole rings is 1. The first-order valence-corrected chi connectivity index (χ1v) is 12.6. The van der Waals surface area contributed by atoms with Crippen LogP contribution in [0.3, 0.4) is 0 Å². The van der Waals surface area contributed by atoms with Crippen LogP contribution in [0.1, 0.15) is 27.7 Å². The van der Waals surface area contributed by atoms with E-state index in [2.05, 4.69) is 4.98 Å². The Morgan fingerprint density at radius 3 is 2.73 bits per heavy atom. The van der Waals surface area contributed by atoms with Gasteiger partial charge in [-0.05, 0) is 54.4 Å². The summed E-state index contributed by atoms with van der Waals surface area (Å²) in [6, 6.07) is 18.5. The van der Waals surface area contributed by atoms with Gasteiger partial charge in [-0.3, -0.25) is 14.5 Å². The third-order valence-corrected chi connectivity index (χ3v) is 7.56. The summed E-state index contributed by atoms with van der Waals surface area (Å²) >= 11 is 7.60. The fourth-order valence-corrected chi connectivity index (χ4v) is 5.88. The Labute approximate surface area is 220 Å². The van der Waals surface area contributed by atoms with E-state index in [0.29, 0.717) is 38.0 Å². The van der Waals surface area contributed by atoms with E-state index in [9.17, 15) is 14.7 Å². The van der Waals surface area contributed by atoms with Gasteiger partial charge in [0, 0.05) is 10.4 Å². The molecule has 1 aliphatic heterocycles. The molecule has 184 valence electrons. The Balaban J connectivity index is 1.52. The molecule has 0 bridgehead atoms. The minimum absolute atomic E-state index is 0.0253. The van der Waals surface area contributed by atoms with E-state index in [1.54, 1.807) is 48.5 Å². The molecule has 9 heteroatoms. The van der Waals surface area contributed by atoms with Crippen LogP contribution in [0.15, 0.2) is 82.5 Å². The molecule has 0 radical (unpaired) electrons. The molecule has 1 aliphatic rings. The van der Waals surface area contributed by atoms with E-state index in [1.165, 1.54) is 23.3 Å². The number of aryl methyl sites for hydroxylation is 1. The minimum Gasteiger partial charge on any atom is -0.503 e. The molecule has 3 aromatic carbocycles. The second kappa shape index (κ2) is 8.76. The monoisotopic (exact) mass is 530 g/mol. The van der Waals surface area contributed by atoms with Crippen LogP contribution in [0.4, 0.5) is 5.13 Å². The van der Waals surface area contributed by atoms with Gasteiger partial charge in [-0.2, -0.15) is 0 Å². The van der Waals surface area contributed by atoms with Crippen LogP contribution in [-0.4, -0.2) is 28.9 Å². The average molecular weight is 531 g/mol. The predicted molar refractivity (Wildman–Crippen MR) is 143 cm³/mol. The quantitative estimate of drug-likeness (QED) is 0.251. The predicted octanol–water partition coefficient (Wildman–Crippen LogP) is 6.80. The lowest BCUT2D eigenvalue weighted by Crippen LogP contribution is -2.30. The third-order valence-electron chi connectivity index (χ3n) is 6.31. The van der Waals surface area contributed by atoms with Gasteiger partial charge in [-0.25, -0.2) is 4.98 Å². The molecule has 1 unspecified atom stereocenters. The number of methoxy groups -OCH3 is 1. The first-order valence-electron chi connectivity index (χ1n) is 11.4. The lowest BCUT2D eigenvalue weighted by atomic mass is 9.95. The number of fused-ring (bicyclic) bond motifs is 2. The topological polar surface area (TPSA) is 92.9 Å². The zero-order valence-corrected chi connectivity index (χ0v) is 21.3. The number of aromatic nitrogens is 1. The van der Waals surface area contributed by atoms with Crippen molar-refractivity contribution >= 4 is 60.9 Å². The van der Waals surface area contributed by atoms with Crippen LogP contribution >= 0.6 is 22.9 Å². The molecule has 0 spiro atoms. The standard InChI is InChI=1S/C28H19ClN2O5S/c1-14-9-10-18-21(11-14)37-28(30-18)31-23(15-5-3-7-17(29)12-15)22(25(33)27(31)34)24(32)20-13-16-6-4-8-19(35-2)26(16)36-20/h3-13,23,33H,1-2H3. The number of halogens is 1. The Kier molecular flexibility index (Phi) is 5.51. The molecule has 37 heavy (non-hydrogen) atoms. The number of amides is 1. The maximum absolute atomic E-state index is 13.9. The number of Topliss-reactive ketones (excluding diaryl/α,β-unsaturated/α-hetero) is 1. The molecule has 5 aromatic rings. The summed E-state index contributed by atoms with van der Waals surface area (Å²) < 4.78 is 12.1. The summed E-state index contributed by atoms with van der Waals surface area (Å²) in [5, 5.41) is 12.5. The van der Waals surface area contributed by atoms with Crippen molar-refractivity contribution in [2.24, 2.45) is 0 Å². The van der Waals surface area contributed by atoms with Crippen LogP contribution in [0.5, 0.6) is 5.75 Å². The molecule has 0 fully saturated rings. The Morgan fingerprint density at radius 1 is 1.14 bits per heavy atom. The van der Waals surface area contributed by atoms with Gasteiger partial charge in [0.05, 0.1) is 28.9 Å². The van der Waals surface area contributed by atoms with Crippen molar-refractivity contribution < 1.29 is 23.8 Å². The van der Waals surface area contributed by atoms with E-state index >= 15 is 0 Å². The molecule has 1 amide bonds. The molecule has 0 aliphatic carbocycles. The lowest BCUT2D eigenvalue weighted by Gasteiger charge is -2.24. The van der Waals surface area contributed by atoms with Gasteiger partial charge in [0.1, 0.15) is 0 Å². The highest BCUT2D eigenvalue weighted by atomic mass is 35.5. The molecule has 0 saturated carbocycles. The molecule has 2 aromatic heterocycles. The van der Waals surface area contributed by atoms with Crippen molar-refractivity contribution in [1.29, 1.82) is 0 Å². The van der Waals surface area contributed by atoms with Crippen molar-refractivity contribution in [2.75, 3.05) is 12.0 Å². The Morgan fingerprint density at radius 2 is 1.95 bits per heavy atom. The number of furan rings is 1. The van der Waals surface area contributed by atoms with Crippen LogP contribution in [-0.2, 0) is 4.79 Å². The summed E-state index contributed by atoms with van der Waals surface area (Å²) in [6.07, 6.45) is 0. The molecule has 7 nitrogen and oxygen atoms in total. The molecule has 1 atom stereocenters. The van der Waals surface area contributed by atoms with Gasteiger partial charge >= 0.3 is 0 Å². The van der Waals surface area contributed by atoms with Crippen LogP contribution in [0, 0.1) is 6.92 Å². The number of para-hydroxylation sites is 1. The molecule has 1 N–H and O–H groups in total. The average Bonchev–Trinajstić information content (AvgIpc) is 3.57. The van der Waals surface area contributed by atoms with Gasteiger partial charge in [0.25, 0.3) is 5.91 Å². The number of carbonyl (C=O) groups excluding carboxylic acids is 2. The number of nitrogens with zero attached hydrogens (tertiary/aromatic N) is 2. The molecule has 0 saturated heterocycles. The number of ketones is 1. The van der Waals surface area contributed by atoms with Crippen LogP contribution in [0.2, 0.25) is 5.02 Å². The van der Waals surface area contributed by atoms with Crippen molar-refractivity contribution in [1.82, 2.24) is 4.98 Å². The fraction of sp³-hybridized carbons (Fsp3) is 0.107. The number of ether oxygens (including phenoxy) is 1. The third kappa shape index (κ3) is 3.77. The van der Waals surface area contributed by atoms with Crippen molar-refractivity contribution in [3.8, 4) is 5.75 Å². The van der Waals surface area contributed by atoms with Crippen molar-refractivity contribution in [2.45, 2.75) is 13.0 Å². The van der Waals surface area contributed by atoms with E-state index in [4.69, 9.17) is 20.8 Å². The Bertz CT molecular complexity index is 1770. The van der Waals surface area contributed by atoms with Gasteiger partial charge < -0.3 is 14.3 Å². The summed E-state index contributed by atoms with van der Waals surface area (Å²) in [7, 11) is 1.51. The summed E-state index contributed by atoms with van der Waals surface area (Å²) in [5.41, 5.74) is 2.61. The van der Waals surface area contributed by atoms with Gasteiger partial charge in [-0.1, -0.05) is 53.3 Å². The van der Waals surface area contributed by atoms with Gasteiger partial charge in [0.15, 0.2) is 28.0 Å². The smallest absolute Gasteiger partial charge is 0.296 e. The highest BCUT2D eigenvalue weighted by Crippen LogP contribution is 2.45. The maximum atomic E-state index is 13.9. The minimum atomic E-state index is -0.963. The summed E-state index contributed by atoms with van der Waals surface area (Å²) in [5.74, 6) is -1.55. The number of benzene rings is 3. The molecule has 3 heterocycles. The fourth-order valence-electron chi connectivity index (χ4n) is 4.59. The number of rotatable bonds is 5. The Hall–Kier alpha value is -4.14. The van der Waals surface area contributed by atoms with E-state index < -0.39 is 23.5 Å². The number of hydrogen-bond acceptors (Lipinski definition) is 7. The second-order valence-electron chi connectivity index (χ2n) is 8.68. The molecular formula is C28H19ClN2O5S. The van der Waals surface area contributed by atoms with Crippen LogP contribution in [0.25, 0.3) is 21.2 Å². The van der Waals surface area contributed by atoms with E-state index in [-0.39, 0.29) is 11.3 Å². The largest absolute Gasteiger partial charge is 0.503 e.